The first kappa shape index (κ1) is 11.7. The number of hydrogen-bond acceptors (Lipinski definition) is 1. The Morgan fingerprint density at radius 1 is 0.941 bits per heavy atom. The van der Waals surface area contributed by atoms with Crippen molar-refractivity contribution in [2.24, 2.45) is 0 Å². The van der Waals surface area contributed by atoms with Crippen LogP contribution in [0.1, 0.15) is 18.1 Å². The average molecular weight is 226 g/mol. The van der Waals surface area contributed by atoms with Crippen molar-refractivity contribution in [1.29, 1.82) is 0 Å². The summed E-state index contributed by atoms with van der Waals surface area (Å²) < 4.78 is 5.55. The van der Waals surface area contributed by atoms with Crippen molar-refractivity contribution < 1.29 is 4.74 Å². The van der Waals surface area contributed by atoms with Crippen LogP contribution in [0.3, 0.4) is 0 Å². The van der Waals surface area contributed by atoms with Gasteiger partial charge in [-0.3, -0.25) is 0 Å². The number of rotatable bonds is 3. The molecule has 2 aromatic carbocycles. The summed E-state index contributed by atoms with van der Waals surface area (Å²) in [4.78, 5) is 0. The molecule has 17 heavy (non-hydrogen) atoms. The highest BCUT2D eigenvalue weighted by Crippen LogP contribution is 2.26. The summed E-state index contributed by atoms with van der Waals surface area (Å²) in [5, 5.41) is 0. The smallest absolute Gasteiger partial charge is 0.122 e. The Bertz CT molecular complexity index is 515. The van der Waals surface area contributed by atoms with Gasteiger partial charge in [-0.2, -0.15) is 0 Å². The van der Waals surface area contributed by atoms with Crippen molar-refractivity contribution in [2.45, 2.75) is 20.8 Å². The largest absolute Gasteiger partial charge is 0.494 e. The third-order valence-corrected chi connectivity index (χ3v) is 2.83. The van der Waals surface area contributed by atoms with Gasteiger partial charge >= 0.3 is 0 Å². The molecule has 0 radical (unpaired) electrons. The number of aryl methyl sites for hydroxylation is 2. The molecule has 0 aliphatic carbocycles. The van der Waals surface area contributed by atoms with E-state index >= 15 is 0 Å². The molecular weight excluding hydrogens is 208 g/mol. The number of benzene rings is 2. The van der Waals surface area contributed by atoms with Crippen LogP contribution in [0.4, 0.5) is 0 Å². The van der Waals surface area contributed by atoms with Gasteiger partial charge in [-0.05, 0) is 49.6 Å². The van der Waals surface area contributed by atoms with Crippen molar-refractivity contribution >= 4 is 0 Å². The Balaban J connectivity index is 2.37. The summed E-state index contributed by atoms with van der Waals surface area (Å²) in [6.07, 6.45) is 0. The van der Waals surface area contributed by atoms with Crippen molar-refractivity contribution in [3.05, 3.63) is 53.6 Å². The normalized spacial score (nSPS) is 10.3. The zero-order valence-corrected chi connectivity index (χ0v) is 10.7. The van der Waals surface area contributed by atoms with Crippen LogP contribution in [0.15, 0.2) is 42.5 Å². The van der Waals surface area contributed by atoms with E-state index in [4.69, 9.17) is 4.74 Å². The zero-order valence-electron chi connectivity index (χ0n) is 10.7. The molecule has 0 aliphatic rings. The monoisotopic (exact) mass is 226 g/mol. The van der Waals surface area contributed by atoms with Crippen molar-refractivity contribution in [1.82, 2.24) is 0 Å². The predicted octanol–water partition coefficient (Wildman–Crippen LogP) is 4.37. The average Bonchev–Trinajstić information content (AvgIpc) is 2.32. The highest BCUT2D eigenvalue weighted by Gasteiger charge is 2.02. The second kappa shape index (κ2) is 5.05. The van der Waals surface area contributed by atoms with E-state index in [-0.39, 0.29) is 0 Å². The van der Waals surface area contributed by atoms with E-state index < -0.39 is 0 Å². The zero-order chi connectivity index (χ0) is 12.3. The van der Waals surface area contributed by atoms with E-state index in [0.29, 0.717) is 6.61 Å². The van der Waals surface area contributed by atoms with E-state index in [1.165, 1.54) is 22.3 Å². The molecule has 2 rings (SSSR count). The van der Waals surface area contributed by atoms with Gasteiger partial charge in [0.2, 0.25) is 0 Å². The molecule has 0 saturated carbocycles. The number of hydrogen-bond donors (Lipinski definition) is 0. The maximum Gasteiger partial charge on any atom is 0.122 e. The molecule has 2 aromatic rings. The lowest BCUT2D eigenvalue weighted by atomic mass is 10.0. The quantitative estimate of drug-likeness (QED) is 0.755. The summed E-state index contributed by atoms with van der Waals surface area (Å²) in [5.74, 6) is 0.976. The second-order valence-electron chi connectivity index (χ2n) is 4.28. The first-order valence-electron chi connectivity index (χ1n) is 6.01. The molecule has 0 spiro atoms. The van der Waals surface area contributed by atoms with E-state index in [1.54, 1.807) is 0 Å². The van der Waals surface area contributed by atoms with Crippen LogP contribution in [0, 0.1) is 13.8 Å². The molecule has 0 aromatic heterocycles. The molecule has 0 N–H and O–H groups in total. The Labute approximate surface area is 103 Å². The maximum absolute atomic E-state index is 5.55. The minimum atomic E-state index is 0.713. The minimum Gasteiger partial charge on any atom is -0.494 e. The van der Waals surface area contributed by atoms with Gasteiger partial charge in [0.1, 0.15) is 5.75 Å². The van der Waals surface area contributed by atoms with Crippen molar-refractivity contribution in [2.75, 3.05) is 6.61 Å². The van der Waals surface area contributed by atoms with Crippen LogP contribution in [-0.4, -0.2) is 6.61 Å². The fraction of sp³-hybridized carbons (Fsp3) is 0.250. The van der Waals surface area contributed by atoms with E-state index in [9.17, 15) is 0 Å². The van der Waals surface area contributed by atoms with Crippen molar-refractivity contribution in [3.63, 3.8) is 0 Å². The Kier molecular flexibility index (Phi) is 3.48. The van der Waals surface area contributed by atoms with Crippen LogP contribution >= 0.6 is 0 Å². The van der Waals surface area contributed by atoms with Gasteiger partial charge < -0.3 is 4.74 Å². The summed E-state index contributed by atoms with van der Waals surface area (Å²) in [6, 6.07) is 14.9. The molecule has 0 amide bonds. The molecule has 0 saturated heterocycles. The lowest BCUT2D eigenvalue weighted by Gasteiger charge is -2.09. The molecule has 0 atom stereocenters. The van der Waals surface area contributed by atoms with E-state index in [2.05, 4.69) is 56.3 Å². The van der Waals surface area contributed by atoms with Crippen LogP contribution in [0.5, 0.6) is 5.75 Å². The molecule has 0 fully saturated rings. The molecule has 0 aliphatic heterocycles. The van der Waals surface area contributed by atoms with Crippen LogP contribution in [0.2, 0.25) is 0 Å². The summed E-state index contributed by atoms with van der Waals surface area (Å²) in [6.45, 7) is 6.92. The van der Waals surface area contributed by atoms with Crippen LogP contribution < -0.4 is 4.74 Å². The molecule has 88 valence electrons. The Hall–Kier alpha value is -1.76. The van der Waals surface area contributed by atoms with Gasteiger partial charge in [0.25, 0.3) is 0 Å². The molecule has 1 nitrogen and oxygen atoms in total. The van der Waals surface area contributed by atoms with Gasteiger partial charge in [0.15, 0.2) is 0 Å². The van der Waals surface area contributed by atoms with Gasteiger partial charge in [0.05, 0.1) is 6.61 Å². The molecule has 0 unspecified atom stereocenters. The van der Waals surface area contributed by atoms with Crippen LogP contribution in [0.25, 0.3) is 11.1 Å². The minimum absolute atomic E-state index is 0.713. The van der Waals surface area contributed by atoms with Gasteiger partial charge in [-0.15, -0.1) is 0 Å². The topological polar surface area (TPSA) is 9.23 Å². The fourth-order valence-corrected chi connectivity index (χ4v) is 1.97. The molecule has 0 heterocycles. The highest BCUT2D eigenvalue weighted by molar-refractivity contribution is 5.66. The predicted molar refractivity (Wildman–Crippen MR) is 72.5 cm³/mol. The first-order valence-corrected chi connectivity index (χ1v) is 6.01. The summed E-state index contributed by atoms with van der Waals surface area (Å²) in [7, 11) is 0. The lowest BCUT2D eigenvalue weighted by molar-refractivity contribution is 0.338. The lowest BCUT2D eigenvalue weighted by Crippen LogP contribution is -1.94. The van der Waals surface area contributed by atoms with E-state index in [1.807, 2.05) is 6.92 Å². The molecule has 0 bridgehead atoms. The van der Waals surface area contributed by atoms with Crippen LogP contribution in [-0.2, 0) is 0 Å². The Morgan fingerprint density at radius 3 is 2.35 bits per heavy atom. The Morgan fingerprint density at radius 2 is 1.71 bits per heavy atom. The van der Waals surface area contributed by atoms with Gasteiger partial charge in [-0.25, -0.2) is 0 Å². The summed E-state index contributed by atoms with van der Waals surface area (Å²) in [5.41, 5.74) is 4.98. The molecular formula is C16H18O. The highest BCUT2D eigenvalue weighted by atomic mass is 16.5. The van der Waals surface area contributed by atoms with E-state index in [0.717, 1.165) is 5.75 Å². The standard InChI is InChI=1S/C16H18O/c1-4-17-16-9-8-15(11-13(16)3)14-7-5-6-12(2)10-14/h5-11H,4H2,1-3H3. The van der Waals surface area contributed by atoms with Gasteiger partial charge in [0, 0.05) is 0 Å². The fourth-order valence-electron chi connectivity index (χ4n) is 1.97. The first-order chi connectivity index (χ1) is 8.20. The van der Waals surface area contributed by atoms with Gasteiger partial charge in [-0.1, -0.05) is 35.9 Å². The second-order valence-corrected chi connectivity index (χ2v) is 4.28. The number of ether oxygens (including phenoxy) is 1. The third-order valence-electron chi connectivity index (χ3n) is 2.83. The van der Waals surface area contributed by atoms with Crippen molar-refractivity contribution in [3.8, 4) is 16.9 Å². The SMILES string of the molecule is CCOc1ccc(-c2cccc(C)c2)cc1C. The molecule has 1 heteroatoms. The maximum atomic E-state index is 5.55. The third kappa shape index (κ3) is 2.68. The summed E-state index contributed by atoms with van der Waals surface area (Å²) >= 11 is 0.